The van der Waals surface area contributed by atoms with Gasteiger partial charge in [0.15, 0.2) is 5.96 Å². The molecule has 0 bridgehead atoms. The molecule has 2 atom stereocenters. The van der Waals surface area contributed by atoms with Crippen molar-refractivity contribution in [3.63, 3.8) is 0 Å². The van der Waals surface area contributed by atoms with Gasteiger partial charge in [-0.05, 0) is 53.2 Å². The summed E-state index contributed by atoms with van der Waals surface area (Å²) < 4.78 is 17.9. The number of rotatable bonds is 8. The standard InChI is InChI=1S/C19H33N3O2S.HI/c1-7-20-18(21-12-13-25(23)19(4,5)6)22-14-16(3)24-17-11-9-8-10-15(17)2;/h8-11,16H,7,12-14H2,1-6H3,(H2,20,21,22);1H. The second kappa shape index (κ2) is 12.5. The number of hydrogen-bond acceptors (Lipinski definition) is 3. The van der Waals surface area contributed by atoms with Crippen LogP contribution < -0.4 is 15.4 Å². The number of nitrogens with one attached hydrogen (secondary N) is 2. The number of aryl methyl sites for hydroxylation is 1. The summed E-state index contributed by atoms with van der Waals surface area (Å²) in [6, 6.07) is 7.98. The van der Waals surface area contributed by atoms with E-state index in [-0.39, 0.29) is 34.8 Å². The van der Waals surface area contributed by atoms with Gasteiger partial charge in [-0.1, -0.05) is 18.2 Å². The van der Waals surface area contributed by atoms with Gasteiger partial charge in [0.2, 0.25) is 0 Å². The molecule has 0 amide bonds. The molecule has 0 heterocycles. The van der Waals surface area contributed by atoms with E-state index in [0.29, 0.717) is 18.8 Å². The molecule has 2 unspecified atom stereocenters. The number of aliphatic imine (C=N–C) groups is 1. The van der Waals surface area contributed by atoms with Crippen molar-refractivity contribution in [1.29, 1.82) is 0 Å². The quantitative estimate of drug-likeness (QED) is 0.330. The lowest BCUT2D eigenvalue weighted by Gasteiger charge is -2.19. The summed E-state index contributed by atoms with van der Waals surface area (Å²) in [6.07, 6.45) is -0.0275. The van der Waals surface area contributed by atoms with Crippen LogP contribution in [0.2, 0.25) is 0 Å². The van der Waals surface area contributed by atoms with Crippen LogP contribution in [0, 0.1) is 6.92 Å². The molecule has 0 aliphatic carbocycles. The Kier molecular flexibility index (Phi) is 12.1. The van der Waals surface area contributed by atoms with E-state index in [0.717, 1.165) is 23.8 Å². The number of benzene rings is 1. The molecule has 26 heavy (non-hydrogen) atoms. The molecule has 0 aliphatic heterocycles. The van der Waals surface area contributed by atoms with Gasteiger partial charge in [-0.3, -0.25) is 4.21 Å². The highest BCUT2D eigenvalue weighted by atomic mass is 127. The first-order chi connectivity index (χ1) is 11.7. The maximum Gasteiger partial charge on any atom is 0.191 e. The lowest BCUT2D eigenvalue weighted by Crippen LogP contribution is -2.41. The molecule has 0 fully saturated rings. The zero-order valence-electron chi connectivity index (χ0n) is 16.8. The van der Waals surface area contributed by atoms with Gasteiger partial charge >= 0.3 is 0 Å². The third-order valence-corrected chi connectivity index (χ3v) is 5.48. The van der Waals surface area contributed by atoms with Crippen LogP contribution in [0.1, 0.15) is 40.2 Å². The predicted molar refractivity (Wildman–Crippen MR) is 123 cm³/mol. The largest absolute Gasteiger partial charge is 0.489 e. The van der Waals surface area contributed by atoms with Crippen molar-refractivity contribution < 1.29 is 8.95 Å². The predicted octanol–water partition coefficient (Wildman–Crippen LogP) is 3.48. The molecule has 5 nitrogen and oxygen atoms in total. The molecule has 150 valence electrons. The Morgan fingerprint density at radius 3 is 2.50 bits per heavy atom. The summed E-state index contributed by atoms with van der Waals surface area (Å²) >= 11 is 0. The molecule has 1 aromatic carbocycles. The third kappa shape index (κ3) is 9.75. The molecule has 0 radical (unpaired) electrons. The van der Waals surface area contributed by atoms with Crippen LogP contribution >= 0.6 is 24.0 Å². The van der Waals surface area contributed by atoms with Crippen LogP contribution in [0.4, 0.5) is 0 Å². The number of para-hydroxylation sites is 1. The second-order valence-electron chi connectivity index (χ2n) is 7.00. The fourth-order valence-corrected chi connectivity index (χ4v) is 2.97. The maximum absolute atomic E-state index is 12.1. The van der Waals surface area contributed by atoms with Gasteiger partial charge in [0.05, 0.1) is 6.54 Å². The van der Waals surface area contributed by atoms with Gasteiger partial charge in [0.25, 0.3) is 0 Å². The molecule has 0 spiro atoms. The van der Waals surface area contributed by atoms with E-state index in [4.69, 9.17) is 4.74 Å². The van der Waals surface area contributed by atoms with Crippen LogP contribution in [0.3, 0.4) is 0 Å². The van der Waals surface area contributed by atoms with Crippen LogP contribution in [0.25, 0.3) is 0 Å². The van der Waals surface area contributed by atoms with Gasteiger partial charge in [-0.25, -0.2) is 4.99 Å². The molecule has 0 aliphatic rings. The van der Waals surface area contributed by atoms with Crippen molar-refractivity contribution in [2.24, 2.45) is 4.99 Å². The van der Waals surface area contributed by atoms with E-state index in [1.807, 2.05) is 65.8 Å². The van der Waals surface area contributed by atoms with Crippen molar-refractivity contribution in [1.82, 2.24) is 10.6 Å². The van der Waals surface area contributed by atoms with Gasteiger partial charge in [0, 0.05) is 34.4 Å². The zero-order chi connectivity index (χ0) is 18.9. The average molecular weight is 495 g/mol. The summed E-state index contributed by atoms with van der Waals surface area (Å²) in [4.78, 5) is 4.57. The Balaban J connectivity index is 0.00000625. The van der Waals surface area contributed by atoms with Crippen LogP contribution in [-0.2, 0) is 10.8 Å². The number of halogens is 1. The normalized spacial score (nSPS) is 14.2. The average Bonchev–Trinajstić information content (AvgIpc) is 2.53. The first kappa shape index (κ1) is 25.2. The maximum atomic E-state index is 12.1. The van der Waals surface area contributed by atoms with Crippen molar-refractivity contribution in [2.75, 3.05) is 25.4 Å². The Bertz CT molecular complexity index is 588. The summed E-state index contributed by atoms with van der Waals surface area (Å²) in [5.41, 5.74) is 1.12. The smallest absolute Gasteiger partial charge is 0.191 e. The van der Waals surface area contributed by atoms with E-state index in [2.05, 4.69) is 15.6 Å². The van der Waals surface area contributed by atoms with Crippen molar-refractivity contribution in [3.05, 3.63) is 29.8 Å². The Morgan fingerprint density at radius 1 is 1.27 bits per heavy atom. The van der Waals surface area contributed by atoms with Crippen LogP contribution in [0.15, 0.2) is 29.3 Å². The number of ether oxygens (including phenoxy) is 1. The van der Waals surface area contributed by atoms with E-state index in [1.165, 1.54) is 0 Å². The highest BCUT2D eigenvalue weighted by Gasteiger charge is 2.18. The number of guanidine groups is 1. The fraction of sp³-hybridized carbons (Fsp3) is 0.632. The number of nitrogens with zero attached hydrogens (tertiary/aromatic N) is 1. The summed E-state index contributed by atoms with van der Waals surface area (Å²) in [6.45, 7) is 14.0. The summed E-state index contributed by atoms with van der Waals surface area (Å²) in [5, 5.41) is 6.45. The summed E-state index contributed by atoms with van der Waals surface area (Å²) in [7, 11) is -0.870. The monoisotopic (exact) mass is 495 g/mol. The lowest BCUT2D eigenvalue weighted by molar-refractivity contribution is 0.228. The first-order valence-electron chi connectivity index (χ1n) is 8.87. The molecular weight excluding hydrogens is 461 g/mol. The Morgan fingerprint density at radius 2 is 1.92 bits per heavy atom. The van der Waals surface area contributed by atoms with Gasteiger partial charge in [-0.2, -0.15) is 0 Å². The minimum Gasteiger partial charge on any atom is -0.489 e. The second-order valence-corrected chi connectivity index (χ2v) is 9.33. The zero-order valence-corrected chi connectivity index (χ0v) is 19.9. The SMILES string of the molecule is CCNC(=NCC(C)Oc1ccccc1C)NCCS(=O)C(C)(C)C.I. The Labute approximate surface area is 178 Å². The van der Waals surface area contributed by atoms with E-state index >= 15 is 0 Å². The van der Waals surface area contributed by atoms with E-state index in [1.54, 1.807) is 0 Å². The highest BCUT2D eigenvalue weighted by molar-refractivity contribution is 14.0. The topological polar surface area (TPSA) is 62.7 Å². The van der Waals surface area contributed by atoms with Crippen LogP contribution in [-0.4, -0.2) is 46.4 Å². The number of hydrogen-bond donors (Lipinski definition) is 2. The molecule has 0 saturated heterocycles. The summed E-state index contributed by atoms with van der Waals surface area (Å²) in [5.74, 6) is 2.22. The van der Waals surface area contributed by atoms with E-state index < -0.39 is 10.8 Å². The molecular formula is C19H34IN3O2S. The molecule has 1 aromatic rings. The van der Waals surface area contributed by atoms with Gasteiger partial charge in [-0.15, -0.1) is 24.0 Å². The molecule has 2 N–H and O–H groups in total. The minimum atomic E-state index is -0.870. The van der Waals surface area contributed by atoms with Crippen LogP contribution in [0.5, 0.6) is 5.75 Å². The van der Waals surface area contributed by atoms with Gasteiger partial charge < -0.3 is 15.4 Å². The lowest BCUT2D eigenvalue weighted by atomic mass is 10.2. The first-order valence-corrected chi connectivity index (χ1v) is 10.2. The highest BCUT2D eigenvalue weighted by Crippen LogP contribution is 2.17. The Hall–Kier alpha value is -0.830. The third-order valence-electron chi connectivity index (χ3n) is 3.54. The fourth-order valence-electron chi connectivity index (χ4n) is 2.07. The minimum absolute atomic E-state index is 0. The molecule has 7 heteroatoms. The van der Waals surface area contributed by atoms with Crippen molar-refractivity contribution in [2.45, 2.75) is 52.4 Å². The molecule has 1 rings (SSSR count). The van der Waals surface area contributed by atoms with Gasteiger partial charge in [0.1, 0.15) is 11.9 Å². The van der Waals surface area contributed by atoms with Crippen molar-refractivity contribution in [3.8, 4) is 5.75 Å². The molecule has 0 saturated carbocycles. The van der Waals surface area contributed by atoms with E-state index in [9.17, 15) is 4.21 Å². The molecule has 0 aromatic heterocycles. The van der Waals surface area contributed by atoms with Crippen molar-refractivity contribution >= 4 is 40.7 Å².